The van der Waals surface area contributed by atoms with Gasteiger partial charge >= 0.3 is 0 Å². The predicted molar refractivity (Wildman–Crippen MR) is 118 cm³/mol. The number of carbonyl (C=O) groups excluding carboxylic acids is 1. The Morgan fingerprint density at radius 1 is 1.00 bits per heavy atom. The highest BCUT2D eigenvalue weighted by molar-refractivity contribution is 6.33. The quantitative estimate of drug-likeness (QED) is 0.605. The van der Waals surface area contributed by atoms with Gasteiger partial charge in [-0.3, -0.25) is 9.69 Å². The van der Waals surface area contributed by atoms with Crippen LogP contribution in [-0.2, 0) is 0 Å². The molecule has 1 amide bonds. The molecule has 7 heteroatoms. The first-order valence-corrected chi connectivity index (χ1v) is 10.5. The molecule has 0 atom stereocenters. The summed E-state index contributed by atoms with van der Waals surface area (Å²) in [6.07, 6.45) is 0. The maximum Gasteiger partial charge on any atom is 0.258 e. The van der Waals surface area contributed by atoms with Gasteiger partial charge in [-0.25, -0.2) is 4.68 Å². The molecule has 1 aliphatic rings. The van der Waals surface area contributed by atoms with Gasteiger partial charge in [0, 0.05) is 32.7 Å². The Hall–Kier alpha value is -2.83. The van der Waals surface area contributed by atoms with E-state index in [9.17, 15) is 4.79 Å². The molecule has 6 nitrogen and oxygen atoms in total. The molecular weight excluding hydrogens is 400 g/mol. The van der Waals surface area contributed by atoms with Gasteiger partial charge in [0.15, 0.2) is 0 Å². The Morgan fingerprint density at radius 2 is 1.63 bits per heavy atom. The van der Waals surface area contributed by atoms with Crippen molar-refractivity contribution in [3.05, 3.63) is 77.1 Å². The van der Waals surface area contributed by atoms with E-state index in [1.54, 1.807) is 4.68 Å². The number of benzene rings is 2. The van der Waals surface area contributed by atoms with Crippen molar-refractivity contribution in [3.8, 4) is 11.4 Å². The molecule has 4 rings (SSSR count). The maximum atomic E-state index is 13.1. The number of carbonyl (C=O) groups is 1. The highest BCUT2D eigenvalue weighted by Crippen LogP contribution is 2.25. The molecule has 30 heavy (non-hydrogen) atoms. The first-order chi connectivity index (χ1) is 14.6. The molecule has 1 aromatic heterocycles. The fourth-order valence-corrected chi connectivity index (χ4v) is 3.98. The number of para-hydroxylation sites is 2. The van der Waals surface area contributed by atoms with Crippen LogP contribution in [0.3, 0.4) is 0 Å². The molecule has 2 aromatic carbocycles. The lowest BCUT2D eigenvalue weighted by molar-refractivity contribution is 0.0620. The molecule has 156 valence electrons. The Labute approximate surface area is 181 Å². The second kappa shape index (κ2) is 9.32. The van der Waals surface area contributed by atoms with Crippen LogP contribution in [0.4, 0.5) is 0 Å². The van der Waals surface area contributed by atoms with Crippen molar-refractivity contribution in [1.82, 2.24) is 19.6 Å². The Kier molecular flexibility index (Phi) is 6.35. The van der Waals surface area contributed by atoms with Gasteiger partial charge in [-0.2, -0.15) is 5.10 Å². The van der Waals surface area contributed by atoms with Gasteiger partial charge in [0.1, 0.15) is 17.5 Å². The van der Waals surface area contributed by atoms with Crippen LogP contribution in [0.5, 0.6) is 5.75 Å². The third-order valence-electron chi connectivity index (χ3n) is 5.30. The summed E-state index contributed by atoms with van der Waals surface area (Å²) < 4.78 is 7.40. The lowest BCUT2D eigenvalue weighted by Crippen LogP contribution is -2.49. The van der Waals surface area contributed by atoms with E-state index in [1.807, 2.05) is 72.5 Å². The number of ether oxygens (including phenoxy) is 1. The minimum Gasteiger partial charge on any atom is -0.492 e. The largest absolute Gasteiger partial charge is 0.492 e. The highest BCUT2D eigenvalue weighted by atomic mass is 35.5. The lowest BCUT2D eigenvalue weighted by atomic mass is 10.2. The molecule has 2 heterocycles. The summed E-state index contributed by atoms with van der Waals surface area (Å²) in [5, 5.41) is 4.85. The zero-order valence-electron chi connectivity index (χ0n) is 17.0. The zero-order valence-corrected chi connectivity index (χ0v) is 17.8. The van der Waals surface area contributed by atoms with Crippen molar-refractivity contribution in [1.29, 1.82) is 0 Å². The number of halogens is 1. The third-order valence-corrected chi connectivity index (χ3v) is 5.65. The van der Waals surface area contributed by atoms with Crippen LogP contribution in [0.25, 0.3) is 5.69 Å². The molecule has 0 N–H and O–H groups in total. The second-order valence-electron chi connectivity index (χ2n) is 7.29. The molecule has 1 saturated heterocycles. The average molecular weight is 425 g/mol. The van der Waals surface area contributed by atoms with E-state index in [-0.39, 0.29) is 5.91 Å². The van der Waals surface area contributed by atoms with Crippen LogP contribution < -0.4 is 4.74 Å². The minimum absolute atomic E-state index is 0.0557. The monoisotopic (exact) mass is 424 g/mol. The van der Waals surface area contributed by atoms with Gasteiger partial charge in [0.25, 0.3) is 5.91 Å². The number of nitrogens with zero attached hydrogens (tertiary/aromatic N) is 4. The molecule has 1 aliphatic heterocycles. The SMILES string of the molecule is Cc1nn(-c2ccccc2)c(Cl)c1C(=O)N1CCN(CCOc2ccccc2)CC1. The first kappa shape index (κ1) is 20.4. The number of piperazine rings is 1. The standard InChI is InChI=1S/C23H25ClN4O2/c1-18-21(22(24)28(25-18)19-8-4-2-5-9-19)23(29)27-14-12-26(13-15-27)16-17-30-20-10-6-3-7-11-20/h2-11H,12-17H2,1H3. The van der Waals surface area contributed by atoms with Crippen LogP contribution in [-0.4, -0.2) is 64.8 Å². The lowest BCUT2D eigenvalue weighted by Gasteiger charge is -2.34. The maximum absolute atomic E-state index is 13.1. The fraction of sp³-hybridized carbons (Fsp3) is 0.304. The zero-order chi connectivity index (χ0) is 20.9. The number of rotatable bonds is 6. The fourth-order valence-electron chi connectivity index (χ4n) is 3.62. The van der Waals surface area contributed by atoms with Gasteiger partial charge in [0.2, 0.25) is 0 Å². The number of aryl methyl sites for hydroxylation is 1. The van der Waals surface area contributed by atoms with Crippen LogP contribution in [0.1, 0.15) is 16.1 Å². The number of hydrogen-bond acceptors (Lipinski definition) is 4. The molecule has 0 saturated carbocycles. The van der Waals surface area contributed by atoms with Crippen LogP contribution in [0, 0.1) is 6.92 Å². The average Bonchev–Trinajstić information content (AvgIpc) is 3.09. The van der Waals surface area contributed by atoms with Crippen molar-refractivity contribution in [2.75, 3.05) is 39.3 Å². The van der Waals surface area contributed by atoms with Gasteiger partial charge in [-0.15, -0.1) is 0 Å². The summed E-state index contributed by atoms with van der Waals surface area (Å²) in [5.41, 5.74) is 1.97. The van der Waals surface area contributed by atoms with Gasteiger partial charge in [-0.1, -0.05) is 48.0 Å². The predicted octanol–water partition coefficient (Wildman–Crippen LogP) is 3.67. The van der Waals surface area contributed by atoms with E-state index in [0.29, 0.717) is 36.1 Å². The van der Waals surface area contributed by atoms with Crippen molar-refractivity contribution < 1.29 is 9.53 Å². The van der Waals surface area contributed by atoms with E-state index in [1.165, 1.54) is 0 Å². The van der Waals surface area contributed by atoms with E-state index in [2.05, 4.69) is 10.00 Å². The normalized spacial score (nSPS) is 14.7. The summed E-state index contributed by atoms with van der Waals surface area (Å²) in [7, 11) is 0. The molecule has 0 aliphatic carbocycles. The summed E-state index contributed by atoms with van der Waals surface area (Å²) in [4.78, 5) is 17.3. The smallest absolute Gasteiger partial charge is 0.258 e. The molecular formula is C23H25ClN4O2. The topological polar surface area (TPSA) is 50.6 Å². The summed E-state index contributed by atoms with van der Waals surface area (Å²) in [6.45, 7) is 6.25. The van der Waals surface area contributed by atoms with Crippen molar-refractivity contribution in [2.45, 2.75) is 6.92 Å². The van der Waals surface area contributed by atoms with Crippen molar-refractivity contribution >= 4 is 17.5 Å². The summed E-state index contributed by atoms with van der Waals surface area (Å²) in [5.74, 6) is 0.826. The summed E-state index contributed by atoms with van der Waals surface area (Å²) in [6, 6.07) is 19.4. The molecule has 0 bridgehead atoms. The molecule has 3 aromatic rings. The molecule has 0 unspecified atom stereocenters. The first-order valence-electron chi connectivity index (χ1n) is 10.1. The third kappa shape index (κ3) is 4.50. The number of aromatic nitrogens is 2. The minimum atomic E-state index is -0.0557. The molecule has 1 fully saturated rings. The van der Waals surface area contributed by atoms with E-state index < -0.39 is 0 Å². The van der Waals surface area contributed by atoms with Crippen LogP contribution >= 0.6 is 11.6 Å². The van der Waals surface area contributed by atoms with Crippen LogP contribution in [0.15, 0.2) is 60.7 Å². The number of hydrogen-bond donors (Lipinski definition) is 0. The Bertz CT molecular complexity index is 983. The van der Waals surface area contributed by atoms with Crippen molar-refractivity contribution in [2.24, 2.45) is 0 Å². The highest BCUT2D eigenvalue weighted by Gasteiger charge is 2.28. The Morgan fingerprint density at radius 3 is 2.30 bits per heavy atom. The number of amides is 1. The molecule has 0 radical (unpaired) electrons. The summed E-state index contributed by atoms with van der Waals surface area (Å²) >= 11 is 6.56. The van der Waals surface area contributed by atoms with E-state index >= 15 is 0 Å². The Balaban J connectivity index is 1.34. The van der Waals surface area contributed by atoms with Crippen molar-refractivity contribution in [3.63, 3.8) is 0 Å². The van der Waals surface area contributed by atoms with E-state index in [0.717, 1.165) is 31.1 Å². The van der Waals surface area contributed by atoms with Gasteiger partial charge in [0.05, 0.1) is 16.9 Å². The van der Waals surface area contributed by atoms with E-state index in [4.69, 9.17) is 16.3 Å². The van der Waals surface area contributed by atoms with Crippen LogP contribution in [0.2, 0.25) is 5.15 Å². The molecule has 0 spiro atoms. The van der Waals surface area contributed by atoms with Gasteiger partial charge < -0.3 is 9.64 Å². The second-order valence-corrected chi connectivity index (χ2v) is 7.65. The van der Waals surface area contributed by atoms with Gasteiger partial charge in [-0.05, 0) is 31.2 Å².